The second kappa shape index (κ2) is 5.61. The highest BCUT2D eigenvalue weighted by molar-refractivity contribution is 6.43. The van der Waals surface area contributed by atoms with Gasteiger partial charge in [0.25, 0.3) is 5.91 Å². The molecule has 128 valence electrons. The molecule has 1 amide bonds. The number of nitrogens with two attached hydrogens (primary N) is 1. The molecular weight excluding hydrogens is 359 g/mol. The fraction of sp³-hybridized carbons (Fsp3) is 0.400. The van der Waals surface area contributed by atoms with E-state index in [0.717, 1.165) is 0 Å². The zero-order valence-electron chi connectivity index (χ0n) is 12.2. The topological polar surface area (TPSA) is 130 Å². The fourth-order valence-electron chi connectivity index (χ4n) is 3.76. The molecule has 0 spiro atoms. The third kappa shape index (κ3) is 2.44. The van der Waals surface area contributed by atoms with E-state index in [4.69, 9.17) is 28.9 Å². The first-order chi connectivity index (χ1) is 11.2. The summed E-state index contributed by atoms with van der Waals surface area (Å²) in [5, 5.41) is 21.5. The van der Waals surface area contributed by atoms with Crippen molar-refractivity contribution in [3.8, 4) is 0 Å². The smallest absolute Gasteiger partial charge is 0.324 e. The molecule has 0 heterocycles. The Balaban J connectivity index is 1.83. The van der Waals surface area contributed by atoms with Gasteiger partial charge in [0.1, 0.15) is 5.54 Å². The molecule has 2 aliphatic carbocycles. The number of carbonyl (C=O) groups is 3. The molecular formula is C15H14Cl2N2O5. The molecule has 2 aliphatic rings. The van der Waals surface area contributed by atoms with Crippen LogP contribution in [0.25, 0.3) is 0 Å². The quantitative estimate of drug-likeness (QED) is 0.628. The van der Waals surface area contributed by atoms with Gasteiger partial charge in [-0.25, -0.2) is 0 Å². The first kappa shape index (κ1) is 17.0. The van der Waals surface area contributed by atoms with Crippen molar-refractivity contribution in [2.24, 2.45) is 23.5 Å². The number of halogens is 2. The molecule has 1 aromatic carbocycles. The van der Waals surface area contributed by atoms with Crippen LogP contribution in [0.1, 0.15) is 16.8 Å². The standard InChI is InChI=1S/C15H14Cl2N2O5/c16-6-3-1-2-5(11(6)17)12(20)19-7-4-15(18,14(23)24)10-8(7)9(10)13(21)22/h1-3,7-10H,4,18H2,(H,19,20)(H,21,22)(H,23,24)/t7-,8?,9-,10-,15-/m0/s1. The average Bonchev–Trinajstić information content (AvgIpc) is 3.19. The van der Waals surface area contributed by atoms with Crippen molar-refractivity contribution in [2.75, 3.05) is 0 Å². The van der Waals surface area contributed by atoms with E-state index in [2.05, 4.69) is 5.32 Å². The molecule has 3 rings (SSSR count). The van der Waals surface area contributed by atoms with Crippen molar-refractivity contribution < 1.29 is 24.6 Å². The lowest BCUT2D eigenvalue weighted by Gasteiger charge is -2.25. The maximum absolute atomic E-state index is 12.4. The Hall–Kier alpha value is -1.83. The van der Waals surface area contributed by atoms with Crippen LogP contribution in [0.15, 0.2) is 18.2 Å². The van der Waals surface area contributed by atoms with Gasteiger partial charge in [0, 0.05) is 12.0 Å². The predicted octanol–water partition coefficient (Wildman–Crippen LogP) is 1.22. The number of carboxylic acids is 2. The van der Waals surface area contributed by atoms with Gasteiger partial charge in [0.05, 0.1) is 21.5 Å². The molecule has 0 saturated heterocycles. The van der Waals surface area contributed by atoms with Gasteiger partial charge in [-0.1, -0.05) is 29.3 Å². The summed E-state index contributed by atoms with van der Waals surface area (Å²) in [5.41, 5.74) is 4.39. The molecule has 5 N–H and O–H groups in total. The van der Waals surface area contributed by atoms with Crippen molar-refractivity contribution in [3.05, 3.63) is 33.8 Å². The van der Waals surface area contributed by atoms with Crippen LogP contribution in [0.2, 0.25) is 10.0 Å². The Kier molecular flexibility index (Phi) is 3.98. The third-order valence-corrected chi connectivity index (χ3v) is 5.71. The average molecular weight is 373 g/mol. The lowest BCUT2D eigenvalue weighted by molar-refractivity contribution is -0.145. The van der Waals surface area contributed by atoms with Gasteiger partial charge < -0.3 is 21.3 Å². The van der Waals surface area contributed by atoms with Crippen LogP contribution < -0.4 is 11.1 Å². The summed E-state index contributed by atoms with van der Waals surface area (Å²) in [6.07, 6.45) is -0.0363. The highest BCUT2D eigenvalue weighted by atomic mass is 35.5. The van der Waals surface area contributed by atoms with Crippen LogP contribution in [-0.4, -0.2) is 39.6 Å². The first-order valence-corrected chi connectivity index (χ1v) is 7.94. The second-order valence-corrected chi connectivity index (χ2v) is 6.98. The molecule has 0 bridgehead atoms. The number of aliphatic carboxylic acids is 2. The molecule has 9 heteroatoms. The lowest BCUT2D eigenvalue weighted by Crippen LogP contribution is -2.52. The highest BCUT2D eigenvalue weighted by Gasteiger charge is 2.74. The Morgan fingerprint density at radius 2 is 1.92 bits per heavy atom. The number of nitrogens with one attached hydrogen (secondary N) is 1. The zero-order valence-corrected chi connectivity index (χ0v) is 13.7. The minimum Gasteiger partial charge on any atom is -0.481 e. The van der Waals surface area contributed by atoms with Gasteiger partial charge in [-0.05, 0) is 24.5 Å². The molecule has 2 fully saturated rings. The molecule has 0 aliphatic heterocycles. The van der Waals surface area contributed by atoms with Crippen LogP contribution in [-0.2, 0) is 9.59 Å². The molecule has 2 saturated carbocycles. The van der Waals surface area contributed by atoms with Gasteiger partial charge in [0.15, 0.2) is 0 Å². The number of hydrogen-bond donors (Lipinski definition) is 4. The molecule has 24 heavy (non-hydrogen) atoms. The van der Waals surface area contributed by atoms with Gasteiger partial charge in [-0.3, -0.25) is 14.4 Å². The maximum atomic E-state index is 12.4. The summed E-state index contributed by atoms with van der Waals surface area (Å²) in [5.74, 6) is -5.00. The van der Waals surface area contributed by atoms with Gasteiger partial charge >= 0.3 is 11.9 Å². The van der Waals surface area contributed by atoms with Crippen LogP contribution >= 0.6 is 23.2 Å². The number of benzene rings is 1. The Labute approximate surface area is 146 Å². The van der Waals surface area contributed by atoms with E-state index in [1.54, 1.807) is 6.07 Å². The van der Waals surface area contributed by atoms with Crippen LogP contribution in [0.5, 0.6) is 0 Å². The van der Waals surface area contributed by atoms with E-state index in [9.17, 15) is 24.6 Å². The number of fused-ring (bicyclic) bond motifs is 1. The summed E-state index contributed by atoms with van der Waals surface area (Å²) in [6.45, 7) is 0. The second-order valence-electron chi connectivity index (χ2n) is 6.20. The third-order valence-electron chi connectivity index (χ3n) is 4.89. The highest BCUT2D eigenvalue weighted by Crippen LogP contribution is 2.61. The molecule has 7 nitrogen and oxygen atoms in total. The zero-order chi connectivity index (χ0) is 17.8. The van der Waals surface area contributed by atoms with Crippen molar-refractivity contribution >= 4 is 41.0 Å². The number of carbonyl (C=O) groups excluding carboxylic acids is 1. The molecule has 5 atom stereocenters. The molecule has 0 aromatic heterocycles. The monoisotopic (exact) mass is 372 g/mol. The number of hydrogen-bond acceptors (Lipinski definition) is 4. The summed E-state index contributed by atoms with van der Waals surface area (Å²) in [6, 6.07) is 3.91. The predicted molar refractivity (Wildman–Crippen MR) is 85.0 cm³/mol. The molecule has 1 unspecified atom stereocenters. The number of rotatable bonds is 4. The summed E-state index contributed by atoms with van der Waals surface area (Å²) < 4.78 is 0. The van der Waals surface area contributed by atoms with Crippen LogP contribution in [0, 0.1) is 17.8 Å². The van der Waals surface area contributed by atoms with Crippen molar-refractivity contribution in [1.29, 1.82) is 0 Å². The van der Waals surface area contributed by atoms with Crippen molar-refractivity contribution in [2.45, 2.75) is 18.0 Å². The maximum Gasteiger partial charge on any atom is 0.324 e. The van der Waals surface area contributed by atoms with Crippen molar-refractivity contribution in [3.63, 3.8) is 0 Å². The molecule has 0 radical (unpaired) electrons. The van der Waals surface area contributed by atoms with E-state index in [0.29, 0.717) is 0 Å². The van der Waals surface area contributed by atoms with E-state index in [-0.39, 0.29) is 22.0 Å². The van der Waals surface area contributed by atoms with Gasteiger partial charge in [0.2, 0.25) is 0 Å². The van der Waals surface area contributed by atoms with E-state index in [1.165, 1.54) is 12.1 Å². The number of amides is 1. The van der Waals surface area contributed by atoms with Gasteiger partial charge in [-0.2, -0.15) is 0 Å². The van der Waals surface area contributed by atoms with Crippen LogP contribution in [0.4, 0.5) is 0 Å². The Bertz CT molecular complexity index is 755. The minimum atomic E-state index is -1.66. The van der Waals surface area contributed by atoms with E-state index >= 15 is 0 Å². The Morgan fingerprint density at radius 1 is 1.25 bits per heavy atom. The summed E-state index contributed by atoms with van der Waals surface area (Å²) in [7, 11) is 0. The van der Waals surface area contributed by atoms with Crippen molar-refractivity contribution in [1.82, 2.24) is 5.32 Å². The SMILES string of the molecule is N[C@@]1(C(=O)O)C[C@H](NC(=O)c2cccc(Cl)c2Cl)C2[C@H](C(=O)O)[C@H]21. The molecule has 1 aromatic rings. The normalized spacial score (nSPS) is 33.6. The van der Waals surface area contributed by atoms with E-state index in [1.807, 2.05) is 0 Å². The van der Waals surface area contributed by atoms with Crippen LogP contribution in [0.3, 0.4) is 0 Å². The summed E-state index contributed by atoms with van der Waals surface area (Å²) in [4.78, 5) is 35.2. The fourth-order valence-corrected chi connectivity index (χ4v) is 4.14. The summed E-state index contributed by atoms with van der Waals surface area (Å²) >= 11 is 11.9. The first-order valence-electron chi connectivity index (χ1n) is 7.18. The minimum absolute atomic E-state index is 0.0363. The Morgan fingerprint density at radius 3 is 2.50 bits per heavy atom. The largest absolute Gasteiger partial charge is 0.481 e. The number of carboxylic acid groups (broad SMARTS) is 2. The van der Waals surface area contributed by atoms with E-state index < -0.39 is 47.2 Å². The lowest BCUT2D eigenvalue weighted by atomic mass is 9.90. The van der Waals surface area contributed by atoms with Gasteiger partial charge in [-0.15, -0.1) is 0 Å².